The third-order valence-electron chi connectivity index (χ3n) is 4.21. The molecular weight excluding hydrogens is 376 g/mol. The lowest BCUT2D eigenvalue weighted by atomic mass is 9.92. The van der Waals surface area contributed by atoms with Crippen molar-refractivity contribution in [2.45, 2.75) is 13.0 Å². The molecule has 3 rings (SSSR count). The fraction of sp³-hybridized carbons (Fsp3) is 0.190. The van der Waals surface area contributed by atoms with Crippen LogP contribution in [0.25, 0.3) is 5.70 Å². The highest BCUT2D eigenvalue weighted by molar-refractivity contribution is 6.04. The van der Waals surface area contributed by atoms with Crippen LogP contribution in [0.3, 0.4) is 0 Å². The summed E-state index contributed by atoms with van der Waals surface area (Å²) in [6.45, 7) is 1.43. The molecule has 150 valence electrons. The molecule has 29 heavy (non-hydrogen) atoms. The smallest absolute Gasteiger partial charge is 0.341 e. The summed E-state index contributed by atoms with van der Waals surface area (Å²) in [5.41, 5.74) is 1.96. The summed E-state index contributed by atoms with van der Waals surface area (Å²) in [5.74, 6) is -1.27. The summed E-state index contributed by atoms with van der Waals surface area (Å²) < 4.78 is 10.4. The van der Waals surface area contributed by atoms with Gasteiger partial charge in [-0.25, -0.2) is 14.4 Å². The van der Waals surface area contributed by atoms with Crippen molar-refractivity contribution in [1.29, 1.82) is 0 Å². The number of esters is 1. The van der Waals surface area contributed by atoms with E-state index in [9.17, 15) is 14.4 Å². The maximum Gasteiger partial charge on any atom is 0.341 e. The average molecular weight is 396 g/mol. The number of hydrogen-bond donors (Lipinski definition) is 3. The second-order valence-electron chi connectivity index (χ2n) is 6.16. The molecule has 0 spiro atoms. The molecule has 0 radical (unpaired) electrons. The van der Waals surface area contributed by atoms with Crippen molar-refractivity contribution in [3.05, 3.63) is 71.3 Å². The van der Waals surface area contributed by atoms with Crippen LogP contribution in [0.15, 0.2) is 60.2 Å². The Balaban J connectivity index is 2.02. The highest BCUT2D eigenvalue weighted by Gasteiger charge is 2.34. The van der Waals surface area contributed by atoms with E-state index in [1.54, 1.807) is 43.3 Å². The molecule has 8 nitrogen and oxygen atoms in total. The summed E-state index contributed by atoms with van der Waals surface area (Å²) in [4.78, 5) is 35.7. The Morgan fingerprint density at radius 1 is 1.07 bits per heavy atom. The van der Waals surface area contributed by atoms with Crippen molar-refractivity contribution in [2.24, 2.45) is 0 Å². The van der Waals surface area contributed by atoms with E-state index in [1.807, 2.05) is 18.2 Å². The highest BCUT2D eigenvalue weighted by atomic mass is 16.5. The molecule has 2 amide bonds. The zero-order chi connectivity index (χ0) is 20.8. The van der Waals surface area contributed by atoms with Gasteiger partial charge in [0.2, 0.25) is 0 Å². The number of urea groups is 1. The van der Waals surface area contributed by atoms with E-state index in [1.165, 1.54) is 0 Å². The van der Waals surface area contributed by atoms with E-state index in [0.717, 1.165) is 0 Å². The first-order valence-corrected chi connectivity index (χ1v) is 8.98. The molecule has 1 atom stereocenters. The second kappa shape index (κ2) is 8.92. The van der Waals surface area contributed by atoms with Gasteiger partial charge in [0.05, 0.1) is 23.9 Å². The average Bonchev–Trinajstić information content (AvgIpc) is 2.72. The molecule has 0 fully saturated rings. The third kappa shape index (κ3) is 4.73. The van der Waals surface area contributed by atoms with Crippen molar-refractivity contribution in [2.75, 3.05) is 13.2 Å². The maximum atomic E-state index is 12.8. The Hall–Kier alpha value is -3.81. The van der Waals surface area contributed by atoms with Crippen LogP contribution in [-0.2, 0) is 14.3 Å². The largest absolute Gasteiger partial charge is 0.482 e. The number of benzene rings is 2. The van der Waals surface area contributed by atoms with Gasteiger partial charge in [-0.05, 0) is 30.2 Å². The first-order valence-electron chi connectivity index (χ1n) is 8.98. The number of aliphatic carboxylic acids is 1. The third-order valence-corrected chi connectivity index (χ3v) is 4.21. The summed E-state index contributed by atoms with van der Waals surface area (Å²) in [6, 6.07) is 14.3. The fourth-order valence-electron chi connectivity index (χ4n) is 2.98. The minimum atomic E-state index is -1.08. The molecule has 0 saturated carbocycles. The molecule has 0 aliphatic carbocycles. The van der Waals surface area contributed by atoms with Gasteiger partial charge in [-0.15, -0.1) is 0 Å². The van der Waals surface area contributed by atoms with Gasteiger partial charge >= 0.3 is 18.0 Å². The lowest BCUT2D eigenvalue weighted by Gasteiger charge is -2.29. The van der Waals surface area contributed by atoms with Crippen LogP contribution in [0.1, 0.15) is 24.1 Å². The molecule has 1 aliphatic rings. The molecule has 2 aromatic carbocycles. The van der Waals surface area contributed by atoms with Gasteiger partial charge in [0.25, 0.3) is 0 Å². The molecule has 0 bridgehead atoms. The zero-order valence-corrected chi connectivity index (χ0v) is 15.7. The first kappa shape index (κ1) is 19.9. The number of hydrogen-bond acceptors (Lipinski definition) is 5. The van der Waals surface area contributed by atoms with Crippen LogP contribution < -0.4 is 15.4 Å². The number of carboxylic acids is 1. The number of rotatable bonds is 7. The van der Waals surface area contributed by atoms with Crippen LogP contribution in [0.4, 0.5) is 4.79 Å². The van der Waals surface area contributed by atoms with Gasteiger partial charge in [0.1, 0.15) is 5.75 Å². The Morgan fingerprint density at radius 2 is 1.76 bits per heavy atom. The van der Waals surface area contributed by atoms with Crippen molar-refractivity contribution < 1.29 is 29.0 Å². The zero-order valence-electron chi connectivity index (χ0n) is 15.7. The Kier molecular flexibility index (Phi) is 6.13. The number of nitrogens with one attached hydrogen (secondary N) is 2. The summed E-state index contributed by atoms with van der Waals surface area (Å²) in [7, 11) is 0. The molecule has 3 N–H and O–H groups in total. The molecule has 1 aliphatic heterocycles. The predicted molar refractivity (Wildman–Crippen MR) is 104 cm³/mol. The van der Waals surface area contributed by atoms with Crippen LogP contribution >= 0.6 is 0 Å². The van der Waals surface area contributed by atoms with Crippen LogP contribution in [0.5, 0.6) is 5.75 Å². The van der Waals surface area contributed by atoms with Crippen molar-refractivity contribution in [1.82, 2.24) is 10.6 Å². The molecular formula is C21H20N2O6. The number of amides is 2. The van der Waals surface area contributed by atoms with E-state index >= 15 is 0 Å². The Bertz CT molecular complexity index is 937. The van der Waals surface area contributed by atoms with Gasteiger partial charge in [-0.1, -0.05) is 42.5 Å². The van der Waals surface area contributed by atoms with Gasteiger partial charge < -0.3 is 25.2 Å². The standard InChI is InChI=1S/C21H20N2O6/c1-2-28-20(26)17-18(13-6-4-3-5-7-13)22-21(27)23-19(17)14-8-10-15(11-9-14)29-12-16(24)25/h3-11,19H,2,12H2,1H3,(H,24,25)(H2,22,23,27)/t19-/m1/s1. The number of carbonyl (C=O) groups excluding carboxylic acids is 2. The molecule has 2 aromatic rings. The summed E-state index contributed by atoms with van der Waals surface area (Å²) >= 11 is 0. The SMILES string of the molecule is CCOC(=O)C1=C(c2ccccc2)NC(=O)N[C@@H]1c1ccc(OCC(=O)O)cc1. The second-order valence-corrected chi connectivity index (χ2v) is 6.16. The number of carboxylic acid groups (broad SMARTS) is 1. The van der Waals surface area contributed by atoms with Crippen molar-refractivity contribution in [3.63, 3.8) is 0 Å². The van der Waals surface area contributed by atoms with Crippen LogP contribution in [-0.4, -0.2) is 36.3 Å². The Labute approximate surface area is 167 Å². The van der Waals surface area contributed by atoms with Crippen LogP contribution in [0.2, 0.25) is 0 Å². The fourth-order valence-corrected chi connectivity index (χ4v) is 2.98. The van der Waals surface area contributed by atoms with E-state index in [-0.39, 0.29) is 12.2 Å². The molecule has 0 unspecified atom stereocenters. The van der Waals surface area contributed by atoms with Gasteiger partial charge in [0, 0.05) is 0 Å². The van der Waals surface area contributed by atoms with E-state index in [0.29, 0.717) is 22.6 Å². The quantitative estimate of drug-likeness (QED) is 0.620. The number of ether oxygens (including phenoxy) is 2. The van der Waals surface area contributed by atoms with Gasteiger partial charge in [0.15, 0.2) is 6.61 Å². The molecule has 0 aromatic heterocycles. The number of carbonyl (C=O) groups is 3. The van der Waals surface area contributed by atoms with Gasteiger partial charge in [-0.2, -0.15) is 0 Å². The minimum Gasteiger partial charge on any atom is -0.482 e. The van der Waals surface area contributed by atoms with Crippen molar-refractivity contribution >= 4 is 23.7 Å². The van der Waals surface area contributed by atoms with E-state index in [4.69, 9.17) is 14.6 Å². The topological polar surface area (TPSA) is 114 Å². The van der Waals surface area contributed by atoms with E-state index in [2.05, 4.69) is 10.6 Å². The Morgan fingerprint density at radius 3 is 2.38 bits per heavy atom. The first-order chi connectivity index (χ1) is 14.0. The van der Waals surface area contributed by atoms with Gasteiger partial charge in [-0.3, -0.25) is 0 Å². The molecule has 8 heteroatoms. The van der Waals surface area contributed by atoms with Crippen LogP contribution in [0, 0.1) is 0 Å². The lowest BCUT2D eigenvalue weighted by Crippen LogP contribution is -2.45. The highest BCUT2D eigenvalue weighted by Crippen LogP contribution is 2.32. The van der Waals surface area contributed by atoms with E-state index < -0.39 is 30.6 Å². The predicted octanol–water partition coefficient (Wildman–Crippen LogP) is 2.48. The summed E-state index contributed by atoms with van der Waals surface area (Å²) in [6.07, 6.45) is 0. The maximum absolute atomic E-state index is 12.8. The molecule has 0 saturated heterocycles. The summed E-state index contributed by atoms with van der Waals surface area (Å²) in [5, 5.41) is 14.2. The molecule has 1 heterocycles. The monoisotopic (exact) mass is 396 g/mol. The van der Waals surface area contributed by atoms with Crippen molar-refractivity contribution in [3.8, 4) is 5.75 Å². The lowest BCUT2D eigenvalue weighted by molar-refractivity contribution is -0.140. The normalized spacial score (nSPS) is 15.9. The minimum absolute atomic E-state index is 0.188.